The van der Waals surface area contributed by atoms with Crippen molar-refractivity contribution in [2.75, 3.05) is 0 Å². The Kier molecular flexibility index (Phi) is 4.03. The van der Waals surface area contributed by atoms with Gasteiger partial charge in [0.15, 0.2) is 0 Å². The van der Waals surface area contributed by atoms with Gasteiger partial charge in [-0.1, -0.05) is 6.07 Å². The lowest BCUT2D eigenvalue weighted by Gasteiger charge is -2.14. The summed E-state index contributed by atoms with van der Waals surface area (Å²) in [5.41, 5.74) is 0.794. The molecule has 2 aliphatic carbocycles. The van der Waals surface area contributed by atoms with E-state index in [-0.39, 0.29) is 10.9 Å². The molecule has 1 aromatic carbocycles. The molecule has 0 amide bonds. The first-order valence-corrected chi connectivity index (χ1v) is 8.98. The van der Waals surface area contributed by atoms with Crippen LogP contribution in [0.15, 0.2) is 23.1 Å². The van der Waals surface area contributed by atoms with Gasteiger partial charge < -0.3 is 5.32 Å². The summed E-state index contributed by atoms with van der Waals surface area (Å²) < 4.78 is 41.1. The third-order valence-electron chi connectivity index (χ3n) is 4.13. The first-order valence-electron chi connectivity index (χ1n) is 7.50. The van der Waals surface area contributed by atoms with E-state index in [2.05, 4.69) is 10.0 Å². The van der Waals surface area contributed by atoms with Gasteiger partial charge in [0.25, 0.3) is 0 Å². The maximum Gasteiger partial charge on any atom is 0.243 e. The Labute approximate surface area is 125 Å². The van der Waals surface area contributed by atoms with Crippen LogP contribution in [-0.2, 0) is 16.6 Å². The Bertz CT molecular complexity index is 625. The number of hydrogen-bond acceptors (Lipinski definition) is 3. The fraction of sp³-hybridized carbons (Fsp3) is 0.600. The number of sulfonamides is 1. The number of rotatable bonds is 7. The molecule has 0 spiro atoms. The van der Waals surface area contributed by atoms with Crippen LogP contribution < -0.4 is 10.0 Å². The van der Waals surface area contributed by atoms with Crippen LogP contribution in [0.3, 0.4) is 0 Å². The third kappa shape index (κ3) is 3.81. The molecule has 0 aromatic heterocycles. The quantitative estimate of drug-likeness (QED) is 0.811. The molecule has 0 bridgehead atoms. The van der Waals surface area contributed by atoms with Gasteiger partial charge in [0.1, 0.15) is 10.7 Å². The second-order valence-corrected chi connectivity index (χ2v) is 7.85. The molecule has 1 atom stereocenters. The van der Waals surface area contributed by atoms with Crippen molar-refractivity contribution in [2.24, 2.45) is 5.92 Å². The van der Waals surface area contributed by atoms with Crippen molar-refractivity contribution in [3.63, 3.8) is 0 Å². The summed E-state index contributed by atoms with van der Waals surface area (Å²) in [6, 6.07) is 4.70. The molecular weight excluding hydrogens is 291 g/mol. The molecule has 3 rings (SSSR count). The van der Waals surface area contributed by atoms with Crippen LogP contribution in [0.4, 0.5) is 4.39 Å². The first-order chi connectivity index (χ1) is 9.95. The van der Waals surface area contributed by atoms with E-state index in [0.717, 1.165) is 31.2 Å². The monoisotopic (exact) mass is 312 g/mol. The van der Waals surface area contributed by atoms with E-state index in [0.29, 0.717) is 18.5 Å². The second kappa shape index (κ2) is 5.66. The minimum absolute atomic E-state index is 0.136. The van der Waals surface area contributed by atoms with Crippen LogP contribution in [0.5, 0.6) is 0 Å². The summed E-state index contributed by atoms with van der Waals surface area (Å²) >= 11 is 0. The molecule has 0 radical (unpaired) electrons. The highest BCUT2D eigenvalue weighted by Crippen LogP contribution is 2.33. The van der Waals surface area contributed by atoms with Gasteiger partial charge in [-0.3, -0.25) is 0 Å². The summed E-state index contributed by atoms with van der Waals surface area (Å²) in [6.07, 6.45) is 4.40. The topological polar surface area (TPSA) is 58.2 Å². The summed E-state index contributed by atoms with van der Waals surface area (Å²) in [4.78, 5) is -0.245. The summed E-state index contributed by atoms with van der Waals surface area (Å²) in [5, 5.41) is 3.30. The summed E-state index contributed by atoms with van der Waals surface area (Å²) in [6.45, 7) is 2.41. The summed E-state index contributed by atoms with van der Waals surface area (Å²) in [7, 11) is -3.79. The number of halogens is 1. The van der Waals surface area contributed by atoms with E-state index < -0.39 is 15.8 Å². The minimum atomic E-state index is -3.79. The SMILES string of the molecule is CC(NS(=O)(=O)c1cc(CNC2CC2)ccc1F)C1CC1. The predicted octanol–water partition coefficient (Wildman–Crippen LogP) is 2.15. The van der Waals surface area contributed by atoms with Gasteiger partial charge in [0.2, 0.25) is 10.0 Å². The van der Waals surface area contributed by atoms with E-state index >= 15 is 0 Å². The van der Waals surface area contributed by atoms with E-state index in [1.165, 1.54) is 12.1 Å². The Morgan fingerprint density at radius 2 is 2.00 bits per heavy atom. The van der Waals surface area contributed by atoms with E-state index in [1.807, 2.05) is 6.92 Å². The lowest BCUT2D eigenvalue weighted by atomic mass is 10.2. The van der Waals surface area contributed by atoms with Crippen molar-refractivity contribution in [2.45, 2.75) is 56.1 Å². The minimum Gasteiger partial charge on any atom is -0.310 e. The molecule has 0 saturated heterocycles. The molecular formula is C15H21FN2O2S. The van der Waals surface area contributed by atoms with Gasteiger partial charge >= 0.3 is 0 Å². The van der Waals surface area contributed by atoms with Gasteiger partial charge in [-0.2, -0.15) is 0 Å². The van der Waals surface area contributed by atoms with E-state index in [4.69, 9.17) is 0 Å². The standard InChI is InChI=1S/C15H21FN2O2S/c1-10(12-3-4-12)18-21(19,20)15-8-11(2-7-14(15)16)9-17-13-5-6-13/h2,7-8,10,12-13,17-18H,3-6,9H2,1H3. The van der Waals surface area contributed by atoms with Crippen molar-refractivity contribution in [3.05, 3.63) is 29.6 Å². The maximum absolute atomic E-state index is 13.9. The molecule has 2 fully saturated rings. The zero-order valence-corrected chi connectivity index (χ0v) is 12.9. The van der Waals surface area contributed by atoms with Gasteiger partial charge in [-0.15, -0.1) is 0 Å². The molecule has 2 aliphatic rings. The fourth-order valence-corrected chi connectivity index (χ4v) is 3.85. The highest BCUT2D eigenvalue weighted by molar-refractivity contribution is 7.89. The van der Waals surface area contributed by atoms with Crippen LogP contribution in [0.1, 0.15) is 38.2 Å². The smallest absolute Gasteiger partial charge is 0.243 e. The predicted molar refractivity (Wildman–Crippen MR) is 78.8 cm³/mol. The largest absolute Gasteiger partial charge is 0.310 e. The zero-order valence-electron chi connectivity index (χ0n) is 12.1. The Balaban J connectivity index is 1.76. The van der Waals surface area contributed by atoms with Gasteiger partial charge in [0, 0.05) is 18.6 Å². The van der Waals surface area contributed by atoms with Gasteiger partial charge in [0.05, 0.1) is 0 Å². The number of benzene rings is 1. The molecule has 21 heavy (non-hydrogen) atoms. The van der Waals surface area contributed by atoms with Crippen molar-refractivity contribution < 1.29 is 12.8 Å². The van der Waals surface area contributed by atoms with Crippen LogP contribution >= 0.6 is 0 Å². The van der Waals surface area contributed by atoms with Crippen LogP contribution in [0, 0.1) is 11.7 Å². The van der Waals surface area contributed by atoms with Crippen LogP contribution in [-0.4, -0.2) is 20.5 Å². The molecule has 1 aromatic rings. The Hall–Kier alpha value is -0.980. The molecule has 4 nitrogen and oxygen atoms in total. The summed E-state index contributed by atoms with van der Waals surface area (Å²) in [5.74, 6) is -0.303. The molecule has 116 valence electrons. The van der Waals surface area contributed by atoms with Crippen molar-refractivity contribution in [1.82, 2.24) is 10.0 Å². The van der Waals surface area contributed by atoms with Crippen LogP contribution in [0.2, 0.25) is 0 Å². The second-order valence-electron chi connectivity index (χ2n) is 6.17. The molecule has 0 heterocycles. The lowest BCUT2D eigenvalue weighted by molar-refractivity contribution is 0.525. The number of nitrogens with one attached hydrogen (secondary N) is 2. The average molecular weight is 312 g/mol. The van der Waals surface area contributed by atoms with E-state index in [9.17, 15) is 12.8 Å². The molecule has 2 saturated carbocycles. The fourth-order valence-electron chi connectivity index (χ4n) is 2.41. The highest BCUT2D eigenvalue weighted by Gasteiger charge is 2.32. The van der Waals surface area contributed by atoms with Gasteiger partial charge in [-0.05, 0) is 56.2 Å². The molecule has 1 unspecified atom stereocenters. The number of hydrogen-bond donors (Lipinski definition) is 2. The maximum atomic E-state index is 13.9. The molecule has 2 N–H and O–H groups in total. The zero-order chi connectivity index (χ0) is 15.0. The Morgan fingerprint density at radius 1 is 1.29 bits per heavy atom. The van der Waals surface area contributed by atoms with Crippen LogP contribution in [0.25, 0.3) is 0 Å². The third-order valence-corrected chi connectivity index (χ3v) is 5.70. The molecule has 6 heteroatoms. The highest BCUT2D eigenvalue weighted by atomic mass is 32.2. The normalized spacial score (nSPS) is 20.5. The lowest BCUT2D eigenvalue weighted by Crippen LogP contribution is -2.34. The molecule has 0 aliphatic heterocycles. The van der Waals surface area contributed by atoms with Crippen molar-refractivity contribution in [3.8, 4) is 0 Å². The first kappa shape index (κ1) is 14.9. The van der Waals surface area contributed by atoms with Gasteiger partial charge in [-0.25, -0.2) is 17.5 Å². The van der Waals surface area contributed by atoms with E-state index in [1.54, 1.807) is 6.07 Å². The van der Waals surface area contributed by atoms with Crippen molar-refractivity contribution >= 4 is 10.0 Å². The Morgan fingerprint density at radius 3 is 2.62 bits per heavy atom. The van der Waals surface area contributed by atoms with Crippen molar-refractivity contribution in [1.29, 1.82) is 0 Å². The average Bonchev–Trinajstić information content (AvgIpc) is 3.27.